The van der Waals surface area contributed by atoms with Crippen molar-refractivity contribution in [3.8, 4) is 11.5 Å². The van der Waals surface area contributed by atoms with Crippen molar-refractivity contribution in [2.24, 2.45) is 5.92 Å². The Hall–Kier alpha value is -2.83. The minimum atomic E-state index is -0.403. The van der Waals surface area contributed by atoms with E-state index in [4.69, 9.17) is 9.47 Å². The number of nitrogens with zero attached hydrogens (tertiary/aromatic N) is 1. The maximum absolute atomic E-state index is 11.2. The fraction of sp³-hybridized carbons (Fsp3) is 0.353. The summed E-state index contributed by atoms with van der Waals surface area (Å²) in [5.74, 6) is 2.03. The van der Waals surface area contributed by atoms with Crippen molar-refractivity contribution in [2.45, 2.75) is 19.9 Å². The number of anilines is 1. The number of ether oxygens (including phenoxy) is 2. The zero-order chi connectivity index (χ0) is 17.1. The van der Waals surface area contributed by atoms with Crippen LogP contribution in [-0.2, 0) is 0 Å². The van der Waals surface area contributed by atoms with Gasteiger partial charge in [0.05, 0.1) is 11.1 Å². The third kappa shape index (κ3) is 3.24. The molecule has 0 aliphatic carbocycles. The first kappa shape index (κ1) is 16.0. The molecule has 0 radical (unpaired) electrons. The number of hydrogen-bond donors (Lipinski definition) is 1. The van der Waals surface area contributed by atoms with Crippen molar-refractivity contribution in [3.63, 3.8) is 0 Å². The summed E-state index contributed by atoms with van der Waals surface area (Å²) in [4.78, 5) is 13.7. The highest BCUT2D eigenvalue weighted by Gasteiger charge is 2.28. The van der Waals surface area contributed by atoms with E-state index < -0.39 is 4.92 Å². The second-order valence-corrected chi connectivity index (χ2v) is 5.96. The van der Waals surface area contributed by atoms with Crippen molar-refractivity contribution in [1.29, 1.82) is 0 Å². The number of nitrogens with one attached hydrogen (secondary N) is 2. The first-order valence-electron chi connectivity index (χ1n) is 7.87. The van der Waals surface area contributed by atoms with E-state index >= 15 is 0 Å². The van der Waals surface area contributed by atoms with Gasteiger partial charge in [-0.05, 0) is 24.1 Å². The van der Waals surface area contributed by atoms with E-state index in [9.17, 15) is 10.1 Å². The summed E-state index contributed by atoms with van der Waals surface area (Å²) in [5.41, 5.74) is 1.00. The SMILES string of the molecule is CC(C)[C@@H](Nc1[nH+]cccc1[N+](=O)[O-])c1ccc2c(c1)OCCO2. The second-order valence-electron chi connectivity index (χ2n) is 5.96. The van der Waals surface area contributed by atoms with Gasteiger partial charge in [0.15, 0.2) is 11.5 Å². The minimum Gasteiger partial charge on any atom is -0.486 e. The number of benzene rings is 1. The van der Waals surface area contributed by atoms with Gasteiger partial charge < -0.3 is 9.47 Å². The van der Waals surface area contributed by atoms with Crippen molar-refractivity contribution < 1.29 is 19.4 Å². The van der Waals surface area contributed by atoms with Crippen LogP contribution in [0.2, 0.25) is 0 Å². The maximum atomic E-state index is 11.2. The Bertz CT molecular complexity index is 748. The highest BCUT2D eigenvalue weighted by molar-refractivity contribution is 5.53. The van der Waals surface area contributed by atoms with Gasteiger partial charge in [-0.3, -0.25) is 15.4 Å². The van der Waals surface area contributed by atoms with E-state index in [0.29, 0.717) is 24.8 Å². The number of aromatic amines is 1. The van der Waals surface area contributed by atoms with Crippen molar-refractivity contribution in [2.75, 3.05) is 18.5 Å². The average Bonchev–Trinajstić information content (AvgIpc) is 2.59. The molecular formula is C17H20N3O4+. The van der Waals surface area contributed by atoms with Gasteiger partial charge in [0.1, 0.15) is 19.3 Å². The monoisotopic (exact) mass is 330 g/mol. The van der Waals surface area contributed by atoms with Gasteiger partial charge in [0.2, 0.25) is 0 Å². The molecule has 1 atom stereocenters. The lowest BCUT2D eigenvalue weighted by Crippen LogP contribution is -2.23. The van der Waals surface area contributed by atoms with Crippen LogP contribution in [0.1, 0.15) is 25.5 Å². The molecule has 0 fully saturated rings. The van der Waals surface area contributed by atoms with Crippen molar-refractivity contribution in [3.05, 3.63) is 52.2 Å². The molecule has 0 spiro atoms. The fourth-order valence-corrected chi connectivity index (χ4v) is 2.74. The second kappa shape index (κ2) is 6.74. The first-order chi connectivity index (χ1) is 11.6. The molecule has 2 aromatic rings. The normalized spacial score (nSPS) is 14.3. The van der Waals surface area contributed by atoms with Crippen molar-refractivity contribution >= 4 is 11.5 Å². The number of pyridine rings is 1. The molecule has 126 valence electrons. The fourth-order valence-electron chi connectivity index (χ4n) is 2.74. The van der Waals surface area contributed by atoms with Gasteiger partial charge in [-0.15, -0.1) is 0 Å². The van der Waals surface area contributed by atoms with Crippen LogP contribution in [-0.4, -0.2) is 18.1 Å². The molecule has 0 saturated carbocycles. The number of aromatic nitrogens is 1. The molecule has 0 saturated heterocycles. The summed E-state index contributed by atoms with van der Waals surface area (Å²) >= 11 is 0. The Balaban J connectivity index is 1.92. The van der Waals surface area contributed by atoms with Crippen LogP contribution in [0.5, 0.6) is 11.5 Å². The predicted molar refractivity (Wildman–Crippen MR) is 88.3 cm³/mol. The van der Waals surface area contributed by atoms with E-state index in [0.717, 1.165) is 11.3 Å². The topological polar surface area (TPSA) is 87.8 Å². The highest BCUT2D eigenvalue weighted by Crippen LogP contribution is 2.36. The first-order valence-corrected chi connectivity index (χ1v) is 7.87. The summed E-state index contributed by atoms with van der Waals surface area (Å²) in [6.45, 7) is 5.18. The molecule has 2 N–H and O–H groups in total. The van der Waals surface area contributed by atoms with Crippen LogP contribution < -0.4 is 19.8 Å². The number of rotatable bonds is 5. The van der Waals surface area contributed by atoms with Crippen LogP contribution in [0, 0.1) is 16.0 Å². The van der Waals surface area contributed by atoms with Gasteiger partial charge >= 0.3 is 11.5 Å². The summed E-state index contributed by atoms with van der Waals surface area (Å²) < 4.78 is 11.2. The van der Waals surface area contributed by atoms with E-state index in [-0.39, 0.29) is 17.6 Å². The Morgan fingerprint density at radius 2 is 1.96 bits per heavy atom. The third-order valence-corrected chi connectivity index (χ3v) is 3.92. The van der Waals surface area contributed by atoms with Crippen LogP contribution in [0.25, 0.3) is 0 Å². The lowest BCUT2D eigenvalue weighted by Gasteiger charge is -2.22. The molecule has 0 bridgehead atoms. The molecule has 2 heterocycles. The number of fused-ring (bicyclic) bond motifs is 1. The van der Waals surface area contributed by atoms with Crippen LogP contribution in [0.15, 0.2) is 36.5 Å². The van der Waals surface area contributed by atoms with Gasteiger partial charge in [-0.25, -0.2) is 4.98 Å². The van der Waals surface area contributed by atoms with Gasteiger partial charge in [0.25, 0.3) is 0 Å². The summed E-state index contributed by atoms with van der Waals surface area (Å²) in [5, 5.41) is 14.5. The summed E-state index contributed by atoms with van der Waals surface area (Å²) in [6.07, 6.45) is 1.66. The Labute approximate surface area is 139 Å². The zero-order valence-electron chi connectivity index (χ0n) is 13.6. The lowest BCUT2D eigenvalue weighted by molar-refractivity contribution is -0.410. The van der Waals surface area contributed by atoms with E-state index in [1.54, 1.807) is 12.3 Å². The largest absolute Gasteiger partial charge is 0.486 e. The molecule has 24 heavy (non-hydrogen) atoms. The molecule has 1 aromatic carbocycles. The quantitative estimate of drug-likeness (QED) is 0.672. The summed E-state index contributed by atoms with van der Waals surface area (Å²) in [7, 11) is 0. The molecular weight excluding hydrogens is 310 g/mol. The summed E-state index contributed by atoms with van der Waals surface area (Å²) in [6, 6.07) is 8.74. The van der Waals surface area contributed by atoms with Crippen LogP contribution >= 0.6 is 0 Å². The van der Waals surface area contributed by atoms with E-state index in [1.165, 1.54) is 6.07 Å². The number of nitro groups is 1. The van der Waals surface area contributed by atoms with E-state index in [2.05, 4.69) is 24.1 Å². The van der Waals surface area contributed by atoms with Crippen molar-refractivity contribution in [1.82, 2.24) is 0 Å². The molecule has 0 unspecified atom stereocenters. The highest BCUT2D eigenvalue weighted by atomic mass is 16.6. The van der Waals surface area contributed by atoms with Gasteiger partial charge in [-0.1, -0.05) is 19.9 Å². The minimum absolute atomic E-state index is 0.0145. The van der Waals surface area contributed by atoms with Crippen LogP contribution in [0.3, 0.4) is 0 Å². The lowest BCUT2D eigenvalue weighted by atomic mass is 9.95. The predicted octanol–water partition coefficient (Wildman–Crippen LogP) is 2.99. The van der Waals surface area contributed by atoms with Crippen LogP contribution in [0.4, 0.5) is 11.5 Å². The Morgan fingerprint density at radius 1 is 1.21 bits per heavy atom. The molecule has 0 amide bonds. The van der Waals surface area contributed by atoms with E-state index in [1.807, 2.05) is 18.2 Å². The Kier molecular flexibility index (Phi) is 4.50. The zero-order valence-corrected chi connectivity index (χ0v) is 13.6. The molecule has 7 nitrogen and oxygen atoms in total. The standard InChI is InChI=1S/C17H19N3O4/c1-11(2)16(19-17-13(20(21)22)4-3-7-18-17)12-5-6-14-15(10-12)24-9-8-23-14/h3-7,10-11,16H,8-9H2,1-2H3,(H,18,19)/p+1/t16-/m1/s1. The molecule has 7 heteroatoms. The maximum Gasteiger partial charge on any atom is 0.357 e. The average molecular weight is 330 g/mol. The third-order valence-electron chi connectivity index (χ3n) is 3.92. The van der Waals surface area contributed by atoms with Gasteiger partial charge in [-0.2, -0.15) is 0 Å². The van der Waals surface area contributed by atoms with Gasteiger partial charge in [0, 0.05) is 11.6 Å². The smallest absolute Gasteiger partial charge is 0.357 e. The number of H-pyrrole nitrogens is 1. The molecule has 1 aromatic heterocycles. The molecule has 3 rings (SSSR count). The molecule has 1 aliphatic heterocycles. The Morgan fingerprint density at radius 3 is 2.67 bits per heavy atom. The molecule has 1 aliphatic rings. The number of hydrogen-bond acceptors (Lipinski definition) is 5.